The number of amides is 1. The molecule has 1 aromatic heterocycles. The van der Waals surface area contributed by atoms with Crippen LogP contribution in [-0.4, -0.2) is 15.9 Å². The number of hydrogen-bond donors (Lipinski definition) is 2. The van der Waals surface area contributed by atoms with Crippen LogP contribution in [0.15, 0.2) is 51.6 Å². The summed E-state index contributed by atoms with van der Waals surface area (Å²) in [7, 11) is 0. The lowest BCUT2D eigenvalue weighted by molar-refractivity contribution is -0.384. The van der Waals surface area contributed by atoms with E-state index in [1.807, 2.05) is 0 Å². The molecule has 0 aliphatic rings. The van der Waals surface area contributed by atoms with Crippen molar-refractivity contribution < 1.29 is 19.2 Å². The highest BCUT2D eigenvalue weighted by Crippen LogP contribution is 2.36. The molecule has 0 aliphatic heterocycles. The number of nitrogens with zero attached hydrogens (tertiary/aromatic N) is 1. The highest BCUT2D eigenvalue weighted by Gasteiger charge is 2.18. The first-order valence-electron chi connectivity index (χ1n) is 7.61. The number of nitro groups is 1. The fourth-order valence-electron chi connectivity index (χ4n) is 2.48. The molecule has 2 N–H and O–H groups in total. The standard InChI is InChI=1S/C18H12BrClN2O5/c1-9-6-10(22(25)26)2-3-14(9)21-18(24)12-7-13(20)11(8-15(12)23)16-4-5-17(19)27-16/h2-8,23H,1H3,(H,21,24). The molecule has 0 atom stereocenters. The smallest absolute Gasteiger partial charge is 0.269 e. The van der Waals surface area contributed by atoms with E-state index < -0.39 is 10.8 Å². The van der Waals surface area contributed by atoms with E-state index in [0.29, 0.717) is 27.2 Å². The summed E-state index contributed by atoms with van der Waals surface area (Å²) < 4.78 is 5.92. The number of furan rings is 1. The Morgan fingerprint density at radius 3 is 2.59 bits per heavy atom. The summed E-state index contributed by atoms with van der Waals surface area (Å²) in [6.45, 7) is 1.63. The van der Waals surface area contributed by atoms with E-state index in [-0.39, 0.29) is 22.0 Å². The Kier molecular flexibility index (Phi) is 5.20. The van der Waals surface area contributed by atoms with E-state index >= 15 is 0 Å². The highest BCUT2D eigenvalue weighted by molar-refractivity contribution is 9.10. The summed E-state index contributed by atoms with van der Waals surface area (Å²) in [5.41, 5.74) is 1.22. The SMILES string of the molecule is Cc1cc([N+](=O)[O-])ccc1NC(=O)c1cc(Cl)c(-c2ccc(Br)o2)cc1O. The van der Waals surface area contributed by atoms with Crippen LogP contribution in [0.5, 0.6) is 5.75 Å². The minimum atomic E-state index is -0.599. The maximum atomic E-state index is 12.5. The minimum Gasteiger partial charge on any atom is -0.507 e. The number of halogens is 2. The molecule has 0 saturated heterocycles. The molecular formula is C18H12BrClN2O5. The number of phenols is 1. The van der Waals surface area contributed by atoms with E-state index in [0.717, 1.165) is 0 Å². The van der Waals surface area contributed by atoms with Gasteiger partial charge in [-0.15, -0.1) is 0 Å². The van der Waals surface area contributed by atoms with Crippen molar-refractivity contribution in [1.82, 2.24) is 0 Å². The molecule has 1 heterocycles. The van der Waals surface area contributed by atoms with Gasteiger partial charge in [-0.2, -0.15) is 0 Å². The summed E-state index contributed by atoms with van der Waals surface area (Å²) in [6, 6.07) is 10.1. The molecule has 27 heavy (non-hydrogen) atoms. The normalized spacial score (nSPS) is 10.6. The van der Waals surface area contributed by atoms with Gasteiger partial charge in [0.1, 0.15) is 11.5 Å². The van der Waals surface area contributed by atoms with Crippen LogP contribution >= 0.6 is 27.5 Å². The van der Waals surface area contributed by atoms with E-state index in [1.165, 1.54) is 30.3 Å². The van der Waals surface area contributed by atoms with Crippen molar-refractivity contribution in [3.05, 3.63) is 73.4 Å². The average Bonchev–Trinajstić information content (AvgIpc) is 3.04. The second-order valence-electron chi connectivity index (χ2n) is 5.66. The van der Waals surface area contributed by atoms with Gasteiger partial charge in [0.25, 0.3) is 11.6 Å². The maximum absolute atomic E-state index is 12.5. The first-order chi connectivity index (χ1) is 12.8. The number of carbonyl (C=O) groups is 1. The number of anilines is 1. The number of hydrogen-bond acceptors (Lipinski definition) is 5. The number of nitrogens with one attached hydrogen (secondary N) is 1. The summed E-state index contributed by atoms with van der Waals surface area (Å²) >= 11 is 9.43. The Balaban J connectivity index is 1.89. The molecule has 1 amide bonds. The highest BCUT2D eigenvalue weighted by atomic mass is 79.9. The second kappa shape index (κ2) is 7.42. The van der Waals surface area contributed by atoms with Crippen molar-refractivity contribution in [2.75, 3.05) is 5.32 Å². The molecule has 0 aliphatic carbocycles. The van der Waals surface area contributed by atoms with E-state index in [9.17, 15) is 20.0 Å². The molecular weight excluding hydrogens is 440 g/mol. The molecule has 7 nitrogen and oxygen atoms in total. The van der Waals surface area contributed by atoms with E-state index in [2.05, 4.69) is 21.2 Å². The molecule has 0 spiro atoms. The van der Waals surface area contributed by atoms with E-state index in [4.69, 9.17) is 16.0 Å². The zero-order chi connectivity index (χ0) is 19.7. The Morgan fingerprint density at radius 1 is 1.26 bits per heavy atom. The number of nitro benzene ring substituents is 1. The lowest BCUT2D eigenvalue weighted by Gasteiger charge is -2.11. The zero-order valence-corrected chi connectivity index (χ0v) is 16.2. The lowest BCUT2D eigenvalue weighted by Crippen LogP contribution is -2.13. The van der Waals surface area contributed by atoms with Gasteiger partial charge in [0.2, 0.25) is 0 Å². The molecule has 0 fully saturated rings. The Bertz CT molecular complexity index is 1060. The van der Waals surface area contributed by atoms with Crippen LogP contribution in [0.4, 0.5) is 11.4 Å². The molecule has 9 heteroatoms. The van der Waals surface area contributed by atoms with Gasteiger partial charge in [-0.05, 0) is 58.7 Å². The predicted molar refractivity (Wildman–Crippen MR) is 104 cm³/mol. The Labute approximate surface area is 166 Å². The van der Waals surface area contributed by atoms with Gasteiger partial charge in [-0.1, -0.05) is 11.6 Å². The van der Waals surface area contributed by atoms with Gasteiger partial charge in [0, 0.05) is 23.4 Å². The summed E-state index contributed by atoms with van der Waals surface area (Å²) in [5.74, 6) is -0.446. The first kappa shape index (κ1) is 18.9. The molecule has 138 valence electrons. The number of non-ortho nitro benzene ring substituents is 1. The fourth-order valence-corrected chi connectivity index (χ4v) is 3.05. The van der Waals surface area contributed by atoms with Gasteiger partial charge in [-0.25, -0.2) is 0 Å². The number of rotatable bonds is 4. The van der Waals surface area contributed by atoms with Gasteiger partial charge in [0.15, 0.2) is 4.67 Å². The monoisotopic (exact) mass is 450 g/mol. The van der Waals surface area contributed by atoms with Crippen molar-refractivity contribution in [1.29, 1.82) is 0 Å². The van der Waals surface area contributed by atoms with Crippen LogP contribution < -0.4 is 5.32 Å². The first-order valence-corrected chi connectivity index (χ1v) is 8.78. The Morgan fingerprint density at radius 2 is 2.00 bits per heavy atom. The van der Waals surface area contributed by atoms with Gasteiger partial charge in [0.05, 0.1) is 15.5 Å². The van der Waals surface area contributed by atoms with Crippen molar-refractivity contribution in [3.63, 3.8) is 0 Å². The van der Waals surface area contributed by atoms with Crippen LogP contribution in [-0.2, 0) is 0 Å². The number of phenolic OH excluding ortho intramolecular Hbond substituents is 1. The summed E-state index contributed by atoms with van der Waals surface area (Å²) in [5, 5.41) is 23.9. The zero-order valence-electron chi connectivity index (χ0n) is 13.8. The molecule has 0 bridgehead atoms. The van der Waals surface area contributed by atoms with Gasteiger partial charge >= 0.3 is 0 Å². The quantitative estimate of drug-likeness (QED) is 0.400. The average molecular weight is 452 g/mol. The number of carbonyl (C=O) groups excluding carboxylic acids is 1. The molecule has 2 aromatic carbocycles. The molecule has 0 saturated carbocycles. The predicted octanol–water partition coefficient (Wildman–Crippen LogP) is 5.54. The summed E-state index contributed by atoms with van der Waals surface area (Å²) in [6.07, 6.45) is 0. The van der Waals surface area contributed by atoms with Crippen molar-refractivity contribution >= 4 is 44.8 Å². The van der Waals surface area contributed by atoms with Crippen LogP contribution in [0, 0.1) is 17.0 Å². The van der Waals surface area contributed by atoms with Crippen molar-refractivity contribution in [2.45, 2.75) is 6.92 Å². The minimum absolute atomic E-state index is 0.0351. The molecule has 3 aromatic rings. The molecule has 0 radical (unpaired) electrons. The van der Waals surface area contributed by atoms with Crippen LogP contribution in [0.1, 0.15) is 15.9 Å². The topological polar surface area (TPSA) is 106 Å². The number of aromatic hydroxyl groups is 1. The molecule has 3 rings (SSSR count). The molecule has 0 unspecified atom stereocenters. The number of aryl methyl sites for hydroxylation is 1. The van der Waals surface area contributed by atoms with Crippen molar-refractivity contribution in [2.24, 2.45) is 0 Å². The third kappa shape index (κ3) is 3.96. The third-order valence-corrected chi connectivity index (χ3v) is 4.58. The van der Waals surface area contributed by atoms with Crippen LogP contribution in [0.2, 0.25) is 5.02 Å². The lowest BCUT2D eigenvalue weighted by atomic mass is 10.1. The largest absolute Gasteiger partial charge is 0.507 e. The maximum Gasteiger partial charge on any atom is 0.269 e. The second-order valence-corrected chi connectivity index (χ2v) is 6.85. The fraction of sp³-hybridized carbons (Fsp3) is 0.0556. The summed E-state index contributed by atoms with van der Waals surface area (Å²) in [4.78, 5) is 22.8. The van der Waals surface area contributed by atoms with Crippen molar-refractivity contribution in [3.8, 4) is 17.1 Å². The van der Waals surface area contributed by atoms with Crippen LogP contribution in [0.3, 0.4) is 0 Å². The number of benzene rings is 2. The Hall–Kier alpha value is -2.84. The third-order valence-electron chi connectivity index (χ3n) is 3.84. The van der Waals surface area contributed by atoms with Gasteiger partial charge in [-0.3, -0.25) is 14.9 Å². The van der Waals surface area contributed by atoms with Crippen LogP contribution in [0.25, 0.3) is 11.3 Å². The van der Waals surface area contributed by atoms with Gasteiger partial charge < -0.3 is 14.8 Å². The van der Waals surface area contributed by atoms with E-state index in [1.54, 1.807) is 19.1 Å².